The maximum absolute atomic E-state index is 12.4. The number of aromatic nitrogens is 2. The van der Waals surface area contributed by atoms with Gasteiger partial charge in [0.2, 0.25) is 0 Å². The fraction of sp³-hybridized carbons (Fsp3) is 0.304. The number of imide groups is 1. The number of aryl methyl sites for hydroxylation is 2. The number of unbranched alkanes of at least 4 members (excludes halogenated alkanes) is 2. The van der Waals surface area contributed by atoms with Crippen LogP contribution in [0.1, 0.15) is 51.1 Å². The lowest BCUT2D eigenvalue weighted by molar-refractivity contribution is 0.0651. The molecule has 1 aliphatic rings. The van der Waals surface area contributed by atoms with Gasteiger partial charge >= 0.3 is 0 Å². The quantitative estimate of drug-likeness (QED) is 0.244. The molecule has 1 aliphatic heterocycles. The Labute approximate surface area is 174 Å². The van der Waals surface area contributed by atoms with Gasteiger partial charge in [-0.05, 0) is 67.8 Å². The lowest BCUT2D eigenvalue weighted by Crippen LogP contribution is -2.30. The highest BCUT2D eigenvalue weighted by molar-refractivity contribution is 7.99. The molecule has 0 spiro atoms. The Morgan fingerprint density at radius 3 is 2.31 bits per heavy atom. The van der Waals surface area contributed by atoms with E-state index in [2.05, 4.69) is 35.9 Å². The fourth-order valence-electron chi connectivity index (χ4n) is 3.57. The molecule has 0 fully saturated rings. The van der Waals surface area contributed by atoms with Gasteiger partial charge in [0.05, 0.1) is 16.6 Å². The van der Waals surface area contributed by atoms with Crippen LogP contribution in [-0.2, 0) is 0 Å². The smallest absolute Gasteiger partial charge is 0.261 e. The van der Waals surface area contributed by atoms with Crippen molar-refractivity contribution in [3.63, 3.8) is 0 Å². The highest BCUT2D eigenvalue weighted by atomic mass is 32.2. The van der Waals surface area contributed by atoms with E-state index in [0.29, 0.717) is 17.7 Å². The Hall–Kier alpha value is -2.73. The molecule has 0 aliphatic carbocycles. The van der Waals surface area contributed by atoms with E-state index >= 15 is 0 Å². The van der Waals surface area contributed by atoms with Crippen LogP contribution < -0.4 is 0 Å². The van der Waals surface area contributed by atoms with E-state index in [1.807, 2.05) is 0 Å². The van der Waals surface area contributed by atoms with E-state index in [1.54, 1.807) is 42.4 Å². The lowest BCUT2D eigenvalue weighted by Gasteiger charge is -2.13. The van der Waals surface area contributed by atoms with E-state index in [0.717, 1.165) is 40.9 Å². The molecule has 0 atom stereocenters. The van der Waals surface area contributed by atoms with Crippen molar-refractivity contribution in [2.24, 2.45) is 0 Å². The summed E-state index contributed by atoms with van der Waals surface area (Å²) in [7, 11) is 0. The number of benzene rings is 2. The van der Waals surface area contributed by atoms with E-state index < -0.39 is 0 Å². The molecule has 5 nitrogen and oxygen atoms in total. The average molecular weight is 406 g/mol. The summed E-state index contributed by atoms with van der Waals surface area (Å²) in [5, 5.41) is 2.12. The second-order valence-corrected chi connectivity index (χ2v) is 8.43. The van der Waals surface area contributed by atoms with Crippen LogP contribution in [0.25, 0.3) is 10.9 Å². The topological polar surface area (TPSA) is 63.2 Å². The molecule has 3 aromatic rings. The Morgan fingerprint density at radius 2 is 1.59 bits per heavy atom. The number of rotatable bonds is 7. The van der Waals surface area contributed by atoms with Crippen molar-refractivity contribution < 1.29 is 9.59 Å². The van der Waals surface area contributed by atoms with Crippen LogP contribution in [0.4, 0.5) is 0 Å². The molecule has 0 saturated heterocycles. The van der Waals surface area contributed by atoms with Crippen molar-refractivity contribution in [1.29, 1.82) is 0 Å². The number of nitrogens with zero attached hydrogens (tertiary/aromatic N) is 3. The molecule has 1 aromatic heterocycles. The van der Waals surface area contributed by atoms with E-state index in [9.17, 15) is 9.59 Å². The minimum absolute atomic E-state index is 0.168. The molecule has 0 radical (unpaired) electrons. The number of hydrogen-bond acceptors (Lipinski definition) is 5. The summed E-state index contributed by atoms with van der Waals surface area (Å²) < 4.78 is 0. The zero-order valence-corrected chi connectivity index (χ0v) is 17.5. The third-order valence-corrected chi connectivity index (χ3v) is 6.45. The van der Waals surface area contributed by atoms with Gasteiger partial charge in [0.1, 0.15) is 11.4 Å². The first kappa shape index (κ1) is 19.6. The Balaban J connectivity index is 1.27. The van der Waals surface area contributed by atoms with Gasteiger partial charge in [-0.1, -0.05) is 18.6 Å². The third kappa shape index (κ3) is 3.90. The van der Waals surface area contributed by atoms with Crippen LogP contribution in [0.2, 0.25) is 0 Å². The van der Waals surface area contributed by atoms with Gasteiger partial charge in [0.15, 0.2) is 0 Å². The molecular formula is C23H23N3O2S. The average Bonchev–Trinajstić information content (AvgIpc) is 2.96. The third-order valence-electron chi connectivity index (χ3n) is 5.36. The first-order valence-corrected chi connectivity index (χ1v) is 10.8. The Bertz CT molecular complexity index is 1060. The van der Waals surface area contributed by atoms with Crippen LogP contribution in [0.5, 0.6) is 0 Å². The molecule has 2 amide bonds. The first-order valence-electron chi connectivity index (χ1n) is 9.86. The summed E-state index contributed by atoms with van der Waals surface area (Å²) in [5.74, 6) is 0.609. The van der Waals surface area contributed by atoms with Gasteiger partial charge in [-0.2, -0.15) is 0 Å². The van der Waals surface area contributed by atoms with E-state index in [-0.39, 0.29) is 11.8 Å². The molecular weight excluding hydrogens is 382 g/mol. The summed E-state index contributed by atoms with van der Waals surface area (Å²) in [6.07, 6.45) is 4.41. The maximum atomic E-state index is 12.4. The molecule has 2 aromatic carbocycles. The molecule has 6 heteroatoms. The summed E-state index contributed by atoms with van der Waals surface area (Å²) in [6.45, 7) is 4.68. The number of fused-ring (bicyclic) bond motifs is 2. The van der Waals surface area contributed by atoms with Gasteiger partial charge in [0.25, 0.3) is 11.8 Å². The predicted octanol–water partition coefficient (Wildman–Crippen LogP) is 4.81. The van der Waals surface area contributed by atoms with Gasteiger partial charge < -0.3 is 0 Å². The standard InChI is InChI=1S/C23H23N3O2S/c1-15-12-19-20(13-16(15)2)24-14-25-21(19)29-11-7-3-6-10-26-22(27)17-8-4-5-9-18(17)23(26)28/h4-5,8-9,12-14H,3,6-7,10-11H2,1-2H3. The Morgan fingerprint density at radius 1 is 0.897 bits per heavy atom. The maximum Gasteiger partial charge on any atom is 0.261 e. The number of carbonyl (C=O) groups excluding carboxylic acids is 2. The van der Waals surface area contributed by atoms with Crippen LogP contribution in [0.3, 0.4) is 0 Å². The monoisotopic (exact) mass is 405 g/mol. The van der Waals surface area contributed by atoms with Crippen molar-refractivity contribution in [1.82, 2.24) is 14.9 Å². The number of hydrogen-bond donors (Lipinski definition) is 0. The van der Waals surface area contributed by atoms with E-state index in [1.165, 1.54) is 16.0 Å². The van der Waals surface area contributed by atoms with Crippen LogP contribution in [0, 0.1) is 13.8 Å². The molecule has 0 N–H and O–H groups in total. The van der Waals surface area contributed by atoms with Gasteiger partial charge in [-0.25, -0.2) is 9.97 Å². The molecule has 0 unspecified atom stereocenters. The normalized spacial score (nSPS) is 13.4. The molecule has 29 heavy (non-hydrogen) atoms. The zero-order valence-electron chi connectivity index (χ0n) is 16.6. The van der Waals surface area contributed by atoms with Gasteiger partial charge in [0, 0.05) is 11.9 Å². The Kier molecular flexibility index (Phi) is 5.62. The number of amides is 2. The number of carbonyl (C=O) groups is 2. The van der Waals surface area contributed by atoms with Crippen molar-refractivity contribution in [2.45, 2.75) is 38.1 Å². The predicted molar refractivity (Wildman–Crippen MR) is 115 cm³/mol. The van der Waals surface area contributed by atoms with Gasteiger partial charge in [-0.15, -0.1) is 11.8 Å². The van der Waals surface area contributed by atoms with Crippen molar-refractivity contribution in [3.8, 4) is 0 Å². The zero-order chi connectivity index (χ0) is 20.4. The largest absolute Gasteiger partial charge is 0.274 e. The lowest BCUT2D eigenvalue weighted by atomic mass is 10.1. The minimum Gasteiger partial charge on any atom is -0.274 e. The van der Waals surface area contributed by atoms with Crippen molar-refractivity contribution in [3.05, 3.63) is 65.0 Å². The molecule has 0 saturated carbocycles. The minimum atomic E-state index is -0.168. The summed E-state index contributed by atoms with van der Waals surface area (Å²) in [5.41, 5.74) is 4.51. The second kappa shape index (κ2) is 8.33. The highest BCUT2D eigenvalue weighted by Crippen LogP contribution is 2.28. The molecule has 148 valence electrons. The highest BCUT2D eigenvalue weighted by Gasteiger charge is 2.34. The van der Waals surface area contributed by atoms with Gasteiger partial charge in [-0.3, -0.25) is 14.5 Å². The van der Waals surface area contributed by atoms with Crippen molar-refractivity contribution >= 4 is 34.5 Å². The summed E-state index contributed by atoms with van der Waals surface area (Å²) >= 11 is 1.74. The summed E-state index contributed by atoms with van der Waals surface area (Å²) in [4.78, 5) is 35.0. The first-order chi connectivity index (χ1) is 14.1. The molecule has 2 heterocycles. The van der Waals surface area contributed by atoms with E-state index in [4.69, 9.17) is 0 Å². The SMILES string of the molecule is Cc1cc2ncnc(SCCCCCN3C(=O)c4ccccc4C3=O)c2cc1C. The fourth-order valence-corrected chi connectivity index (χ4v) is 4.55. The summed E-state index contributed by atoms with van der Waals surface area (Å²) in [6, 6.07) is 11.3. The molecule has 0 bridgehead atoms. The second-order valence-electron chi connectivity index (χ2n) is 7.35. The van der Waals surface area contributed by atoms with Crippen LogP contribution in [-0.4, -0.2) is 39.0 Å². The van der Waals surface area contributed by atoms with Crippen LogP contribution in [0.15, 0.2) is 47.8 Å². The number of thioether (sulfide) groups is 1. The molecule has 4 rings (SSSR count). The van der Waals surface area contributed by atoms with Crippen molar-refractivity contribution in [2.75, 3.05) is 12.3 Å². The van der Waals surface area contributed by atoms with Crippen LogP contribution >= 0.6 is 11.8 Å².